The summed E-state index contributed by atoms with van der Waals surface area (Å²) < 4.78 is 4.71. The number of rotatable bonds is 5. The molecule has 0 aliphatic rings. The first-order valence-electron chi connectivity index (χ1n) is 6.05. The summed E-state index contributed by atoms with van der Waals surface area (Å²) in [7, 11) is 0. The highest BCUT2D eigenvalue weighted by Gasteiger charge is 2.14. The van der Waals surface area contributed by atoms with E-state index in [0.29, 0.717) is 6.54 Å². The zero-order valence-electron chi connectivity index (χ0n) is 10.9. The topological polar surface area (TPSA) is 55.1 Å². The van der Waals surface area contributed by atoms with Crippen LogP contribution in [0.4, 0.5) is 0 Å². The zero-order valence-corrected chi connectivity index (χ0v) is 11.7. The van der Waals surface area contributed by atoms with Crippen LogP contribution in [0.25, 0.3) is 0 Å². The molecule has 1 N–H and O–H groups in total. The molecule has 0 radical (unpaired) electrons. The molecule has 1 atom stereocenters. The summed E-state index contributed by atoms with van der Waals surface area (Å²) >= 11 is 1.54. The van der Waals surface area contributed by atoms with Gasteiger partial charge in [-0.1, -0.05) is 22.9 Å². The first kappa shape index (κ1) is 13.7. The van der Waals surface area contributed by atoms with Crippen molar-refractivity contribution in [1.82, 2.24) is 10.5 Å². The van der Waals surface area contributed by atoms with E-state index in [4.69, 9.17) is 4.52 Å². The number of thioether (sulfide) groups is 1. The van der Waals surface area contributed by atoms with Gasteiger partial charge in [-0.15, -0.1) is 11.8 Å². The molecule has 1 unspecified atom stereocenters. The maximum Gasteiger partial charge on any atom is 0.233 e. The van der Waals surface area contributed by atoms with E-state index < -0.39 is 0 Å². The van der Waals surface area contributed by atoms with Crippen molar-refractivity contribution in [2.45, 2.75) is 30.5 Å². The molecule has 100 valence electrons. The average molecular weight is 276 g/mol. The Morgan fingerprint density at radius 3 is 2.74 bits per heavy atom. The predicted molar refractivity (Wildman–Crippen MR) is 74.8 cm³/mol. The minimum absolute atomic E-state index is 0.00595. The fourth-order valence-corrected chi connectivity index (χ4v) is 2.42. The van der Waals surface area contributed by atoms with E-state index in [1.54, 1.807) is 17.8 Å². The minimum Gasteiger partial charge on any atom is -0.364 e. The number of benzene rings is 1. The van der Waals surface area contributed by atoms with Gasteiger partial charge >= 0.3 is 0 Å². The fraction of sp³-hybridized carbons (Fsp3) is 0.286. The lowest BCUT2D eigenvalue weighted by Gasteiger charge is -2.11. The number of carbonyl (C=O) groups excluding carboxylic acids is 1. The van der Waals surface area contributed by atoms with Crippen LogP contribution in [-0.4, -0.2) is 16.3 Å². The Morgan fingerprint density at radius 2 is 2.11 bits per heavy atom. The smallest absolute Gasteiger partial charge is 0.233 e. The van der Waals surface area contributed by atoms with Crippen molar-refractivity contribution >= 4 is 17.7 Å². The second kappa shape index (κ2) is 6.43. The molecule has 5 heteroatoms. The van der Waals surface area contributed by atoms with Gasteiger partial charge in [0, 0.05) is 11.0 Å². The van der Waals surface area contributed by atoms with Gasteiger partial charge in [0.2, 0.25) is 5.91 Å². The molecule has 0 aliphatic carbocycles. The molecule has 0 aliphatic heterocycles. The SMILES string of the molecule is Cc1ccc(SC(C)C(=O)NCc2ccon2)cc1. The molecule has 2 rings (SSSR count). The lowest BCUT2D eigenvalue weighted by atomic mass is 10.2. The molecule has 1 aromatic heterocycles. The molecule has 0 saturated carbocycles. The summed E-state index contributed by atoms with van der Waals surface area (Å²) in [6, 6.07) is 9.88. The van der Waals surface area contributed by atoms with E-state index in [1.165, 1.54) is 11.8 Å². The number of hydrogen-bond donors (Lipinski definition) is 1. The Morgan fingerprint density at radius 1 is 1.37 bits per heavy atom. The summed E-state index contributed by atoms with van der Waals surface area (Å²) in [6.07, 6.45) is 1.49. The Bertz CT molecular complexity index is 523. The van der Waals surface area contributed by atoms with E-state index >= 15 is 0 Å². The normalized spacial score (nSPS) is 12.1. The maximum atomic E-state index is 11.9. The van der Waals surface area contributed by atoms with Crippen molar-refractivity contribution in [2.24, 2.45) is 0 Å². The van der Waals surface area contributed by atoms with Gasteiger partial charge in [-0.2, -0.15) is 0 Å². The third-order valence-electron chi connectivity index (χ3n) is 2.64. The molecule has 1 aromatic carbocycles. The fourth-order valence-electron chi connectivity index (χ4n) is 1.52. The lowest BCUT2D eigenvalue weighted by Crippen LogP contribution is -2.30. The molecule has 2 aromatic rings. The summed E-state index contributed by atoms with van der Waals surface area (Å²) in [6.45, 7) is 4.33. The minimum atomic E-state index is -0.144. The summed E-state index contributed by atoms with van der Waals surface area (Å²) in [5, 5.41) is 6.43. The molecule has 1 amide bonds. The molecule has 4 nitrogen and oxygen atoms in total. The van der Waals surface area contributed by atoms with Gasteiger partial charge < -0.3 is 9.84 Å². The molecular weight excluding hydrogens is 260 g/mol. The van der Waals surface area contributed by atoms with Crippen molar-refractivity contribution in [3.8, 4) is 0 Å². The Kier molecular flexibility index (Phi) is 4.63. The first-order valence-corrected chi connectivity index (χ1v) is 6.93. The highest BCUT2D eigenvalue weighted by Crippen LogP contribution is 2.23. The van der Waals surface area contributed by atoms with E-state index in [9.17, 15) is 4.79 Å². The van der Waals surface area contributed by atoms with Crippen molar-refractivity contribution in [1.29, 1.82) is 0 Å². The van der Waals surface area contributed by atoms with Crippen LogP contribution in [0.3, 0.4) is 0 Å². The summed E-state index contributed by atoms with van der Waals surface area (Å²) in [4.78, 5) is 13.0. The van der Waals surface area contributed by atoms with E-state index in [2.05, 4.69) is 10.5 Å². The lowest BCUT2D eigenvalue weighted by molar-refractivity contribution is -0.120. The first-order chi connectivity index (χ1) is 9.15. The number of amides is 1. The predicted octanol–water partition coefficient (Wildman–Crippen LogP) is 2.78. The molecule has 0 saturated heterocycles. The highest BCUT2D eigenvalue weighted by atomic mass is 32.2. The number of hydrogen-bond acceptors (Lipinski definition) is 4. The molecule has 0 fully saturated rings. The second-order valence-corrected chi connectivity index (χ2v) is 5.70. The number of carbonyl (C=O) groups is 1. The van der Waals surface area contributed by atoms with Crippen LogP contribution in [0, 0.1) is 6.92 Å². The third kappa shape index (κ3) is 4.13. The number of aryl methyl sites for hydroxylation is 1. The second-order valence-electron chi connectivity index (χ2n) is 4.28. The number of nitrogens with zero attached hydrogens (tertiary/aromatic N) is 1. The van der Waals surface area contributed by atoms with Crippen LogP contribution in [0.1, 0.15) is 18.2 Å². The molecule has 0 spiro atoms. The van der Waals surface area contributed by atoms with Crippen molar-refractivity contribution in [3.05, 3.63) is 47.9 Å². The quantitative estimate of drug-likeness (QED) is 0.853. The van der Waals surface area contributed by atoms with Gasteiger partial charge in [0.15, 0.2) is 0 Å². The Labute approximate surface area is 116 Å². The van der Waals surface area contributed by atoms with Crippen molar-refractivity contribution in [3.63, 3.8) is 0 Å². The highest BCUT2D eigenvalue weighted by molar-refractivity contribution is 8.00. The molecule has 19 heavy (non-hydrogen) atoms. The van der Waals surface area contributed by atoms with Crippen molar-refractivity contribution < 1.29 is 9.32 Å². The van der Waals surface area contributed by atoms with Crippen molar-refractivity contribution in [2.75, 3.05) is 0 Å². The van der Waals surface area contributed by atoms with Gasteiger partial charge in [0.1, 0.15) is 12.0 Å². The van der Waals surface area contributed by atoms with Crippen LogP contribution in [0.15, 0.2) is 46.0 Å². The Hall–Kier alpha value is -1.75. The van der Waals surface area contributed by atoms with Gasteiger partial charge in [-0.3, -0.25) is 4.79 Å². The van der Waals surface area contributed by atoms with E-state index in [1.807, 2.05) is 38.1 Å². The van der Waals surface area contributed by atoms with Gasteiger partial charge in [-0.05, 0) is 26.0 Å². The monoisotopic (exact) mass is 276 g/mol. The van der Waals surface area contributed by atoms with Gasteiger partial charge in [-0.25, -0.2) is 0 Å². The van der Waals surface area contributed by atoms with Crippen LogP contribution in [-0.2, 0) is 11.3 Å². The third-order valence-corrected chi connectivity index (χ3v) is 3.75. The number of nitrogens with one attached hydrogen (secondary N) is 1. The zero-order chi connectivity index (χ0) is 13.7. The number of aromatic nitrogens is 1. The van der Waals surface area contributed by atoms with Gasteiger partial charge in [0.05, 0.1) is 11.8 Å². The van der Waals surface area contributed by atoms with E-state index in [-0.39, 0.29) is 11.2 Å². The largest absolute Gasteiger partial charge is 0.364 e. The van der Waals surface area contributed by atoms with Gasteiger partial charge in [0.25, 0.3) is 0 Å². The standard InChI is InChI=1S/C14H16N2O2S/c1-10-3-5-13(6-4-10)19-11(2)14(17)15-9-12-7-8-18-16-12/h3-8,11H,9H2,1-2H3,(H,15,17). The molecule has 0 bridgehead atoms. The summed E-state index contributed by atoms with van der Waals surface area (Å²) in [5.41, 5.74) is 1.94. The molecular formula is C14H16N2O2S. The van der Waals surface area contributed by atoms with Crippen LogP contribution in [0.2, 0.25) is 0 Å². The average Bonchev–Trinajstić information content (AvgIpc) is 2.91. The Balaban J connectivity index is 1.83. The summed E-state index contributed by atoms with van der Waals surface area (Å²) in [5.74, 6) is -0.00595. The van der Waals surface area contributed by atoms with Crippen LogP contribution >= 0.6 is 11.8 Å². The maximum absolute atomic E-state index is 11.9. The molecule has 1 heterocycles. The van der Waals surface area contributed by atoms with Crippen LogP contribution in [0.5, 0.6) is 0 Å². The van der Waals surface area contributed by atoms with E-state index in [0.717, 1.165) is 10.6 Å². The van der Waals surface area contributed by atoms with Crippen LogP contribution < -0.4 is 5.32 Å².